The standard InChI is InChI=1S/C21H21ClN2O4S2/c1-16-7-9-20(10-8-16)30(27,28)21(18-5-3-11-23-13-18)14-24-29(25,26)15-17-4-2-6-19(22)12-17/h2-13,21,24H,14-15H2,1H3. The third-order valence-electron chi connectivity index (χ3n) is 4.51. The van der Waals surface area contributed by atoms with Gasteiger partial charge in [-0.1, -0.05) is 47.5 Å². The predicted molar refractivity (Wildman–Crippen MR) is 117 cm³/mol. The molecule has 0 amide bonds. The summed E-state index contributed by atoms with van der Waals surface area (Å²) in [6, 6.07) is 16.2. The molecular weight excluding hydrogens is 444 g/mol. The van der Waals surface area contributed by atoms with Gasteiger partial charge in [-0.25, -0.2) is 21.6 Å². The fourth-order valence-corrected chi connectivity index (χ4v) is 6.07. The van der Waals surface area contributed by atoms with Crippen molar-refractivity contribution in [3.8, 4) is 0 Å². The van der Waals surface area contributed by atoms with Crippen LogP contribution in [0.2, 0.25) is 5.02 Å². The largest absolute Gasteiger partial charge is 0.264 e. The molecule has 0 aliphatic carbocycles. The second kappa shape index (κ2) is 9.26. The molecule has 0 aliphatic rings. The lowest BCUT2D eigenvalue weighted by atomic mass is 10.2. The van der Waals surface area contributed by atoms with Gasteiger partial charge in [-0.05, 0) is 48.4 Å². The fourth-order valence-electron chi connectivity index (χ4n) is 2.97. The molecule has 9 heteroatoms. The van der Waals surface area contributed by atoms with Crippen molar-refractivity contribution in [1.82, 2.24) is 9.71 Å². The Labute approximate surface area is 181 Å². The first-order valence-electron chi connectivity index (χ1n) is 9.10. The highest BCUT2D eigenvalue weighted by molar-refractivity contribution is 7.92. The maximum atomic E-state index is 13.3. The molecule has 0 saturated heterocycles. The lowest BCUT2D eigenvalue weighted by molar-refractivity contribution is 0.568. The number of benzene rings is 2. The number of aryl methyl sites for hydroxylation is 1. The number of rotatable bonds is 8. The molecule has 1 heterocycles. The van der Waals surface area contributed by atoms with E-state index in [1.165, 1.54) is 24.5 Å². The number of sulfone groups is 1. The summed E-state index contributed by atoms with van der Waals surface area (Å²) in [5.41, 5.74) is 1.84. The van der Waals surface area contributed by atoms with Crippen molar-refractivity contribution in [2.24, 2.45) is 0 Å². The van der Waals surface area contributed by atoms with Crippen molar-refractivity contribution in [2.45, 2.75) is 22.8 Å². The van der Waals surface area contributed by atoms with E-state index >= 15 is 0 Å². The first-order valence-corrected chi connectivity index (χ1v) is 12.7. The summed E-state index contributed by atoms with van der Waals surface area (Å²) in [5.74, 6) is -0.308. The molecule has 1 unspecified atom stereocenters. The Morgan fingerprint density at radius 2 is 1.73 bits per heavy atom. The highest BCUT2D eigenvalue weighted by Crippen LogP contribution is 2.28. The van der Waals surface area contributed by atoms with Crippen LogP contribution in [0.15, 0.2) is 78.0 Å². The Morgan fingerprint density at radius 1 is 1.00 bits per heavy atom. The molecule has 2 aromatic carbocycles. The van der Waals surface area contributed by atoms with Crippen LogP contribution in [0.25, 0.3) is 0 Å². The minimum absolute atomic E-state index is 0.121. The minimum atomic E-state index is -3.86. The van der Waals surface area contributed by atoms with Gasteiger partial charge < -0.3 is 0 Å². The maximum Gasteiger partial charge on any atom is 0.215 e. The number of nitrogens with one attached hydrogen (secondary N) is 1. The van der Waals surface area contributed by atoms with Crippen LogP contribution in [-0.4, -0.2) is 28.4 Å². The molecule has 1 N–H and O–H groups in total. The molecule has 0 fully saturated rings. The second-order valence-corrected chi connectivity index (χ2v) is 11.2. The topological polar surface area (TPSA) is 93.2 Å². The molecule has 0 aliphatic heterocycles. The van der Waals surface area contributed by atoms with E-state index in [0.717, 1.165) is 5.56 Å². The summed E-state index contributed by atoms with van der Waals surface area (Å²) in [5, 5.41) is -0.694. The number of sulfonamides is 1. The average molecular weight is 465 g/mol. The van der Waals surface area contributed by atoms with Crippen molar-refractivity contribution in [1.29, 1.82) is 0 Å². The molecule has 1 atom stereocenters. The van der Waals surface area contributed by atoms with E-state index in [0.29, 0.717) is 16.1 Å². The van der Waals surface area contributed by atoms with Gasteiger partial charge in [0, 0.05) is 24.0 Å². The second-order valence-electron chi connectivity index (χ2n) is 6.87. The molecule has 3 rings (SSSR count). The number of nitrogens with zero attached hydrogens (tertiary/aromatic N) is 1. The fraction of sp³-hybridized carbons (Fsp3) is 0.190. The Hall–Kier alpha value is -2.26. The normalized spacial score (nSPS) is 13.1. The van der Waals surface area contributed by atoms with Gasteiger partial charge in [0.25, 0.3) is 0 Å². The van der Waals surface area contributed by atoms with Gasteiger partial charge in [0.1, 0.15) is 5.25 Å². The maximum absolute atomic E-state index is 13.3. The lowest BCUT2D eigenvalue weighted by Crippen LogP contribution is -2.32. The Kier molecular flexibility index (Phi) is 6.92. The van der Waals surface area contributed by atoms with Crippen molar-refractivity contribution in [3.63, 3.8) is 0 Å². The van der Waals surface area contributed by atoms with Crippen molar-refractivity contribution in [3.05, 3.63) is 94.8 Å². The van der Waals surface area contributed by atoms with E-state index in [-0.39, 0.29) is 17.2 Å². The van der Waals surface area contributed by atoms with Crippen LogP contribution >= 0.6 is 11.6 Å². The molecular formula is C21H21ClN2O4S2. The van der Waals surface area contributed by atoms with E-state index in [1.807, 2.05) is 6.92 Å². The summed E-state index contributed by atoms with van der Waals surface area (Å²) in [6.45, 7) is 1.55. The molecule has 0 spiro atoms. The van der Waals surface area contributed by atoms with Gasteiger partial charge in [0.05, 0.1) is 10.6 Å². The molecule has 0 radical (unpaired) electrons. The minimum Gasteiger partial charge on any atom is -0.264 e. The van der Waals surface area contributed by atoms with Crippen LogP contribution in [0.5, 0.6) is 0 Å². The number of hydrogen-bond acceptors (Lipinski definition) is 5. The highest BCUT2D eigenvalue weighted by Gasteiger charge is 2.30. The average Bonchev–Trinajstić information content (AvgIpc) is 2.68. The number of pyridine rings is 1. The number of hydrogen-bond donors (Lipinski definition) is 1. The monoisotopic (exact) mass is 464 g/mol. The Morgan fingerprint density at radius 3 is 2.37 bits per heavy atom. The predicted octanol–water partition coefficient (Wildman–Crippen LogP) is 3.68. The zero-order chi connectivity index (χ0) is 21.8. The summed E-state index contributed by atoms with van der Waals surface area (Å²) in [6.07, 6.45) is 2.96. The van der Waals surface area contributed by atoms with E-state index < -0.39 is 25.1 Å². The van der Waals surface area contributed by atoms with Gasteiger partial charge >= 0.3 is 0 Å². The van der Waals surface area contributed by atoms with Gasteiger partial charge in [-0.2, -0.15) is 0 Å². The molecule has 6 nitrogen and oxygen atoms in total. The molecule has 30 heavy (non-hydrogen) atoms. The van der Waals surface area contributed by atoms with Gasteiger partial charge in [0.2, 0.25) is 10.0 Å². The van der Waals surface area contributed by atoms with E-state index in [4.69, 9.17) is 11.6 Å². The van der Waals surface area contributed by atoms with Gasteiger partial charge in [-0.3, -0.25) is 4.98 Å². The zero-order valence-electron chi connectivity index (χ0n) is 16.2. The smallest absolute Gasteiger partial charge is 0.215 e. The molecule has 3 aromatic rings. The summed E-state index contributed by atoms with van der Waals surface area (Å²) < 4.78 is 54.2. The van der Waals surface area contributed by atoms with Crippen LogP contribution < -0.4 is 4.72 Å². The Bertz CT molecular complexity index is 1210. The van der Waals surface area contributed by atoms with Crippen LogP contribution in [0.4, 0.5) is 0 Å². The van der Waals surface area contributed by atoms with E-state index in [1.54, 1.807) is 48.5 Å². The number of halogens is 1. The van der Waals surface area contributed by atoms with E-state index in [2.05, 4.69) is 9.71 Å². The van der Waals surface area contributed by atoms with E-state index in [9.17, 15) is 16.8 Å². The lowest BCUT2D eigenvalue weighted by Gasteiger charge is -2.19. The van der Waals surface area contributed by atoms with Crippen LogP contribution in [0.1, 0.15) is 21.9 Å². The molecule has 1 aromatic heterocycles. The quantitative estimate of drug-likeness (QED) is 0.548. The molecule has 158 valence electrons. The van der Waals surface area contributed by atoms with Crippen LogP contribution in [0, 0.1) is 6.92 Å². The summed E-state index contributed by atoms with van der Waals surface area (Å²) >= 11 is 5.92. The van der Waals surface area contributed by atoms with Gasteiger partial charge in [-0.15, -0.1) is 0 Å². The summed E-state index contributed by atoms with van der Waals surface area (Å²) in [4.78, 5) is 4.11. The van der Waals surface area contributed by atoms with Crippen molar-refractivity contribution >= 4 is 31.5 Å². The highest BCUT2D eigenvalue weighted by atomic mass is 35.5. The van der Waals surface area contributed by atoms with Crippen LogP contribution in [0.3, 0.4) is 0 Å². The first kappa shape index (κ1) is 22.4. The first-order chi connectivity index (χ1) is 14.2. The zero-order valence-corrected chi connectivity index (χ0v) is 18.6. The third-order valence-corrected chi connectivity index (χ3v) is 8.19. The molecule has 0 saturated carbocycles. The summed E-state index contributed by atoms with van der Waals surface area (Å²) in [7, 11) is -7.66. The van der Waals surface area contributed by atoms with Crippen molar-refractivity contribution < 1.29 is 16.8 Å². The molecule has 0 bridgehead atoms. The SMILES string of the molecule is Cc1ccc(S(=O)(=O)C(CNS(=O)(=O)Cc2cccc(Cl)c2)c2cccnc2)cc1. The Balaban J connectivity index is 1.87. The van der Waals surface area contributed by atoms with Crippen LogP contribution in [-0.2, 0) is 25.6 Å². The van der Waals surface area contributed by atoms with Gasteiger partial charge in [0.15, 0.2) is 9.84 Å². The number of aromatic nitrogens is 1. The third kappa shape index (κ3) is 5.66. The van der Waals surface area contributed by atoms with Crippen molar-refractivity contribution in [2.75, 3.05) is 6.54 Å².